The maximum atomic E-state index is 12.0. The first kappa shape index (κ1) is 17.5. The van der Waals surface area contributed by atoms with Gasteiger partial charge in [-0.3, -0.25) is 4.79 Å². The molecule has 0 aliphatic heterocycles. The monoisotopic (exact) mass is 353 g/mol. The number of nitrogens with zero attached hydrogens (tertiary/aromatic N) is 3. The maximum absolute atomic E-state index is 12.0. The molecule has 0 bridgehead atoms. The summed E-state index contributed by atoms with van der Waals surface area (Å²) in [6.45, 7) is 1.30. The summed E-state index contributed by atoms with van der Waals surface area (Å²) in [5.74, 6) is 0.252. The molecular weight excluding hydrogens is 337 g/mol. The van der Waals surface area contributed by atoms with E-state index in [0.29, 0.717) is 28.1 Å². The predicted molar refractivity (Wildman–Crippen MR) is 92.7 cm³/mol. The molecule has 0 fully saturated rings. The molecule has 6 nitrogen and oxygen atoms in total. The minimum atomic E-state index is -0.244. The van der Waals surface area contributed by atoms with Crippen LogP contribution in [0.25, 0.3) is 0 Å². The number of likely N-dealkylation sites (N-methyl/N-ethyl adjacent to an activating group) is 1. The molecule has 2 N–H and O–H groups in total. The zero-order valence-electron chi connectivity index (χ0n) is 12.8. The van der Waals surface area contributed by atoms with Crippen molar-refractivity contribution < 1.29 is 4.79 Å². The molecule has 1 heterocycles. The summed E-state index contributed by atoms with van der Waals surface area (Å²) in [4.78, 5) is 22.1. The zero-order valence-corrected chi connectivity index (χ0v) is 14.3. The van der Waals surface area contributed by atoms with Crippen LogP contribution in [-0.2, 0) is 0 Å². The fourth-order valence-electron chi connectivity index (χ4n) is 1.76. The molecule has 0 radical (unpaired) electrons. The Hall–Kier alpha value is -1.89. The Bertz CT molecular complexity index is 693. The highest BCUT2D eigenvalue weighted by molar-refractivity contribution is 6.42. The van der Waals surface area contributed by atoms with Gasteiger partial charge in [0, 0.05) is 24.8 Å². The number of amides is 1. The Kier molecular flexibility index (Phi) is 6.15. The lowest BCUT2D eigenvalue weighted by Crippen LogP contribution is -2.31. The van der Waals surface area contributed by atoms with E-state index >= 15 is 0 Å². The molecule has 122 valence electrons. The van der Waals surface area contributed by atoms with E-state index in [1.807, 2.05) is 19.0 Å². The highest BCUT2D eigenvalue weighted by Crippen LogP contribution is 2.26. The summed E-state index contributed by atoms with van der Waals surface area (Å²) >= 11 is 11.9. The number of hydrogen-bond acceptors (Lipinski definition) is 5. The number of anilines is 2. The molecule has 0 aliphatic rings. The van der Waals surface area contributed by atoms with Gasteiger partial charge in [0.15, 0.2) is 0 Å². The summed E-state index contributed by atoms with van der Waals surface area (Å²) in [5.41, 5.74) is 1.01. The molecular formula is C15H17Cl2N5O. The van der Waals surface area contributed by atoms with Crippen LogP contribution in [0.3, 0.4) is 0 Å². The van der Waals surface area contributed by atoms with Crippen LogP contribution in [0.1, 0.15) is 10.5 Å². The molecule has 1 aromatic heterocycles. The quantitative estimate of drug-likeness (QED) is 0.835. The van der Waals surface area contributed by atoms with Crippen molar-refractivity contribution in [3.63, 3.8) is 0 Å². The molecule has 0 unspecified atom stereocenters. The summed E-state index contributed by atoms with van der Waals surface area (Å²) in [6.07, 6.45) is 1.33. The van der Waals surface area contributed by atoms with Crippen molar-refractivity contribution in [3.8, 4) is 0 Å². The van der Waals surface area contributed by atoms with Crippen LogP contribution in [0.2, 0.25) is 10.0 Å². The van der Waals surface area contributed by atoms with E-state index in [0.717, 1.165) is 12.2 Å². The zero-order chi connectivity index (χ0) is 16.8. The Morgan fingerprint density at radius 2 is 1.96 bits per heavy atom. The third-order valence-electron chi connectivity index (χ3n) is 2.94. The fourth-order valence-corrected chi connectivity index (χ4v) is 2.05. The van der Waals surface area contributed by atoms with Crippen molar-refractivity contribution in [1.29, 1.82) is 0 Å². The molecule has 8 heteroatoms. The molecule has 0 saturated carbocycles. The highest BCUT2D eigenvalue weighted by Gasteiger charge is 2.09. The number of aromatic nitrogens is 2. The number of carbonyl (C=O) groups is 1. The van der Waals surface area contributed by atoms with Gasteiger partial charge in [-0.1, -0.05) is 23.2 Å². The van der Waals surface area contributed by atoms with Crippen LogP contribution in [0, 0.1) is 0 Å². The SMILES string of the molecule is CN(C)CCNC(=O)c1cc(Nc2ccc(Cl)c(Cl)c2)ncn1. The van der Waals surface area contributed by atoms with Gasteiger partial charge < -0.3 is 15.5 Å². The number of carbonyl (C=O) groups excluding carboxylic acids is 1. The average molecular weight is 354 g/mol. The lowest BCUT2D eigenvalue weighted by Gasteiger charge is -2.11. The minimum absolute atomic E-state index is 0.244. The van der Waals surface area contributed by atoms with Crippen LogP contribution < -0.4 is 10.6 Å². The first-order valence-electron chi connectivity index (χ1n) is 6.93. The molecule has 1 amide bonds. The average Bonchev–Trinajstić information content (AvgIpc) is 2.51. The normalized spacial score (nSPS) is 10.7. The van der Waals surface area contributed by atoms with Crippen LogP contribution in [0.4, 0.5) is 11.5 Å². The number of rotatable bonds is 6. The van der Waals surface area contributed by atoms with Crippen LogP contribution in [-0.4, -0.2) is 48.0 Å². The van der Waals surface area contributed by atoms with Crippen molar-refractivity contribution in [2.45, 2.75) is 0 Å². The molecule has 1 aromatic carbocycles. The van der Waals surface area contributed by atoms with Gasteiger partial charge >= 0.3 is 0 Å². The van der Waals surface area contributed by atoms with E-state index in [1.165, 1.54) is 6.33 Å². The minimum Gasteiger partial charge on any atom is -0.349 e. The molecule has 2 rings (SSSR count). The summed E-state index contributed by atoms with van der Waals surface area (Å²) in [5, 5.41) is 6.77. The van der Waals surface area contributed by atoms with Gasteiger partial charge in [-0.15, -0.1) is 0 Å². The highest BCUT2D eigenvalue weighted by atomic mass is 35.5. The molecule has 2 aromatic rings. The number of hydrogen-bond donors (Lipinski definition) is 2. The van der Waals surface area contributed by atoms with Crippen LogP contribution in [0.15, 0.2) is 30.6 Å². The van der Waals surface area contributed by atoms with Crippen molar-refractivity contribution in [3.05, 3.63) is 46.3 Å². The first-order chi connectivity index (χ1) is 11.0. The Morgan fingerprint density at radius 3 is 2.65 bits per heavy atom. The Labute approximate surface area is 144 Å². The lowest BCUT2D eigenvalue weighted by molar-refractivity contribution is 0.0946. The second-order valence-corrected chi connectivity index (χ2v) is 5.92. The summed E-state index contributed by atoms with van der Waals surface area (Å²) in [6, 6.07) is 6.71. The van der Waals surface area contributed by atoms with Gasteiger partial charge in [0.05, 0.1) is 10.0 Å². The molecule has 0 atom stereocenters. The van der Waals surface area contributed by atoms with Gasteiger partial charge in [0.25, 0.3) is 5.91 Å². The van der Waals surface area contributed by atoms with Crippen molar-refractivity contribution >= 4 is 40.6 Å². The molecule has 23 heavy (non-hydrogen) atoms. The fraction of sp³-hybridized carbons (Fsp3) is 0.267. The smallest absolute Gasteiger partial charge is 0.270 e. The van der Waals surface area contributed by atoms with E-state index in [1.54, 1.807) is 24.3 Å². The number of halogens is 2. The van der Waals surface area contributed by atoms with Crippen molar-refractivity contribution in [1.82, 2.24) is 20.2 Å². The molecule has 0 spiro atoms. The first-order valence-corrected chi connectivity index (χ1v) is 7.68. The van der Waals surface area contributed by atoms with Gasteiger partial charge in [-0.2, -0.15) is 0 Å². The van der Waals surface area contributed by atoms with Gasteiger partial charge in [0.1, 0.15) is 17.8 Å². The predicted octanol–water partition coefficient (Wildman–Crippen LogP) is 2.82. The van der Waals surface area contributed by atoms with E-state index in [-0.39, 0.29) is 5.91 Å². The van der Waals surface area contributed by atoms with E-state index < -0.39 is 0 Å². The standard InChI is InChI=1S/C15H17Cl2N5O/c1-22(2)6-5-18-15(23)13-8-14(20-9-19-13)21-10-3-4-11(16)12(17)7-10/h3-4,7-9H,5-6H2,1-2H3,(H,18,23)(H,19,20,21). The van der Waals surface area contributed by atoms with Gasteiger partial charge in [-0.05, 0) is 32.3 Å². The topological polar surface area (TPSA) is 70.2 Å². The summed E-state index contributed by atoms with van der Waals surface area (Å²) < 4.78 is 0. The largest absolute Gasteiger partial charge is 0.349 e. The second kappa shape index (κ2) is 8.10. The third-order valence-corrected chi connectivity index (χ3v) is 3.68. The summed E-state index contributed by atoms with van der Waals surface area (Å²) in [7, 11) is 3.88. The van der Waals surface area contributed by atoms with Gasteiger partial charge in [0.2, 0.25) is 0 Å². The maximum Gasteiger partial charge on any atom is 0.270 e. The van der Waals surface area contributed by atoms with E-state index in [9.17, 15) is 4.79 Å². The van der Waals surface area contributed by atoms with Crippen LogP contribution >= 0.6 is 23.2 Å². The second-order valence-electron chi connectivity index (χ2n) is 5.10. The molecule has 0 saturated heterocycles. The van der Waals surface area contributed by atoms with Crippen LogP contribution in [0.5, 0.6) is 0 Å². The van der Waals surface area contributed by atoms with E-state index in [2.05, 4.69) is 20.6 Å². The van der Waals surface area contributed by atoms with Crippen molar-refractivity contribution in [2.24, 2.45) is 0 Å². The Morgan fingerprint density at radius 1 is 1.17 bits per heavy atom. The Balaban J connectivity index is 2.04. The van der Waals surface area contributed by atoms with Gasteiger partial charge in [-0.25, -0.2) is 9.97 Å². The van der Waals surface area contributed by atoms with Crippen molar-refractivity contribution in [2.75, 3.05) is 32.5 Å². The third kappa shape index (κ3) is 5.35. The molecule has 0 aliphatic carbocycles. The number of benzene rings is 1. The number of nitrogens with one attached hydrogen (secondary N) is 2. The van der Waals surface area contributed by atoms with E-state index in [4.69, 9.17) is 23.2 Å². The lowest BCUT2D eigenvalue weighted by atomic mass is 10.3.